The first-order valence-electron chi connectivity index (χ1n) is 6.23. The summed E-state index contributed by atoms with van der Waals surface area (Å²) < 4.78 is 0. The van der Waals surface area contributed by atoms with Crippen molar-refractivity contribution < 1.29 is 4.79 Å². The van der Waals surface area contributed by atoms with Gasteiger partial charge in [-0.1, -0.05) is 0 Å². The highest BCUT2D eigenvalue weighted by atomic mass is 16.2. The zero-order valence-electron chi connectivity index (χ0n) is 11.2. The van der Waals surface area contributed by atoms with E-state index >= 15 is 0 Å². The molecule has 19 heavy (non-hydrogen) atoms. The van der Waals surface area contributed by atoms with Crippen molar-refractivity contribution in [2.75, 3.05) is 31.2 Å². The first-order valence-corrected chi connectivity index (χ1v) is 6.23. The molecule has 1 amide bonds. The molecule has 0 spiro atoms. The lowest BCUT2D eigenvalue weighted by Gasteiger charge is -2.16. The first-order chi connectivity index (χ1) is 9.13. The molecule has 0 fully saturated rings. The fourth-order valence-electron chi connectivity index (χ4n) is 1.85. The van der Waals surface area contributed by atoms with Gasteiger partial charge in [0.1, 0.15) is 0 Å². The number of nitrogens with zero attached hydrogens (tertiary/aromatic N) is 2. The smallest absolute Gasteiger partial charge is 0.241 e. The van der Waals surface area contributed by atoms with E-state index in [0.29, 0.717) is 12.2 Å². The Morgan fingerprint density at radius 1 is 1.37 bits per heavy atom. The number of nitrogens with two attached hydrogens (primary N) is 1. The molecule has 0 saturated heterocycles. The van der Waals surface area contributed by atoms with Crippen molar-refractivity contribution in [3.05, 3.63) is 30.6 Å². The number of amides is 1. The van der Waals surface area contributed by atoms with Crippen LogP contribution in [0.25, 0.3) is 10.8 Å². The number of nitrogen functional groups attached to an aromatic ring is 1. The highest BCUT2D eigenvalue weighted by Gasteiger charge is 2.08. The molecule has 1 aromatic heterocycles. The molecule has 0 unspecified atom stereocenters. The third-order valence-electron chi connectivity index (χ3n) is 3.18. The molecular weight excluding hydrogens is 240 g/mol. The Bertz CT molecular complexity index is 597. The SMILES string of the molecule is CCN(C)C(=O)CNc1ccc(N)c2ccncc12. The van der Waals surface area contributed by atoms with E-state index in [4.69, 9.17) is 5.73 Å². The Hall–Kier alpha value is -2.30. The second-order valence-corrected chi connectivity index (χ2v) is 4.39. The Morgan fingerprint density at radius 3 is 2.89 bits per heavy atom. The number of carbonyl (C=O) groups is 1. The summed E-state index contributed by atoms with van der Waals surface area (Å²) in [5.41, 5.74) is 7.50. The van der Waals surface area contributed by atoms with Crippen LogP contribution >= 0.6 is 0 Å². The third-order valence-corrected chi connectivity index (χ3v) is 3.18. The van der Waals surface area contributed by atoms with Crippen LogP contribution in [-0.4, -0.2) is 35.9 Å². The van der Waals surface area contributed by atoms with Gasteiger partial charge in [-0.25, -0.2) is 0 Å². The maximum absolute atomic E-state index is 11.8. The Labute approximate surface area is 112 Å². The monoisotopic (exact) mass is 258 g/mol. The maximum atomic E-state index is 11.8. The van der Waals surface area contributed by atoms with Crippen LogP contribution < -0.4 is 11.1 Å². The van der Waals surface area contributed by atoms with E-state index < -0.39 is 0 Å². The van der Waals surface area contributed by atoms with Gasteiger partial charge in [0.2, 0.25) is 5.91 Å². The van der Waals surface area contributed by atoms with Gasteiger partial charge in [0.05, 0.1) is 6.54 Å². The van der Waals surface area contributed by atoms with Gasteiger partial charge >= 0.3 is 0 Å². The molecule has 0 aliphatic carbocycles. The predicted molar refractivity (Wildman–Crippen MR) is 78.0 cm³/mol. The topological polar surface area (TPSA) is 71.2 Å². The van der Waals surface area contributed by atoms with Crippen LogP contribution in [0.15, 0.2) is 30.6 Å². The van der Waals surface area contributed by atoms with Crippen LogP contribution in [0.1, 0.15) is 6.92 Å². The number of likely N-dealkylation sites (N-methyl/N-ethyl adjacent to an activating group) is 1. The number of hydrogen-bond donors (Lipinski definition) is 2. The lowest BCUT2D eigenvalue weighted by atomic mass is 10.1. The number of pyridine rings is 1. The number of nitrogens with one attached hydrogen (secondary N) is 1. The van der Waals surface area contributed by atoms with Crippen LogP contribution in [-0.2, 0) is 4.79 Å². The molecule has 0 saturated carbocycles. The fourth-order valence-corrected chi connectivity index (χ4v) is 1.85. The molecule has 2 rings (SSSR count). The normalized spacial score (nSPS) is 10.4. The first kappa shape index (κ1) is 13.1. The summed E-state index contributed by atoms with van der Waals surface area (Å²) in [5, 5.41) is 5.01. The number of hydrogen-bond acceptors (Lipinski definition) is 4. The molecule has 0 aliphatic rings. The van der Waals surface area contributed by atoms with Gasteiger partial charge < -0.3 is 16.0 Å². The molecule has 0 aliphatic heterocycles. The number of fused-ring (bicyclic) bond motifs is 1. The second-order valence-electron chi connectivity index (χ2n) is 4.39. The van der Waals surface area contributed by atoms with Crippen LogP contribution in [0.4, 0.5) is 11.4 Å². The van der Waals surface area contributed by atoms with Crippen molar-refractivity contribution in [1.82, 2.24) is 9.88 Å². The Kier molecular flexibility index (Phi) is 3.85. The Morgan fingerprint density at radius 2 is 2.16 bits per heavy atom. The summed E-state index contributed by atoms with van der Waals surface area (Å²) in [4.78, 5) is 17.5. The molecule has 0 radical (unpaired) electrons. The summed E-state index contributed by atoms with van der Waals surface area (Å²) in [5.74, 6) is 0.0522. The Balaban J connectivity index is 2.22. The third kappa shape index (κ3) is 2.76. The molecule has 5 heteroatoms. The minimum Gasteiger partial charge on any atom is -0.398 e. The molecule has 0 atom stereocenters. The standard InChI is InChI=1S/C14H18N4O/c1-3-18(2)14(19)9-17-13-5-4-12(15)10-6-7-16-8-11(10)13/h4-8,17H,3,9,15H2,1-2H3. The summed E-state index contributed by atoms with van der Waals surface area (Å²) in [7, 11) is 1.78. The molecule has 0 bridgehead atoms. The van der Waals surface area contributed by atoms with E-state index in [1.165, 1.54) is 0 Å². The summed E-state index contributed by atoms with van der Waals surface area (Å²) in [6.45, 7) is 2.91. The largest absolute Gasteiger partial charge is 0.398 e. The van der Waals surface area contributed by atoms with E-state index in [0.717, 1.165) is 16.5 Å². The molecule has 100 valence electrons. The lowest BCUT2D eigenvalue weighted by molar-refractivity contribution is -0.127. The van der Waals surface area contributed by atoms with Crippen molar-refractivity contribution >= 4 is 28.1 Å². The van der Waals surface area contributed by atoms with Gasteiger partial charge in [-0.3, -0.25) is 9.78 Å². The number of carbonyl (C=O) groups excluding carboxylic acids is 1. The molecule has 3 N–H and O–H groups in total. The molecular formula is C14H18N4O. The molecule has 2 aromatic rings. The average Bonchev–Trinajstić information content (AvgIpc) is 2.45. The van der Waals surface area contributed by atoms with Crippen molar-refractivity contribution in [3.63, 3.8) is 0 Å². The minimum atomic E-state index is 0.0522. The molecule has 5 nitrogen and oxygen atoms in total. The van der Waals surface area contributed by atoms with E-state index in [1.807, 2.05) is 25.1 Å². The van der Waals surface area contributed by atoms with Crippen molar-refractivity contribution in [1.29, 1.82) is 0 Å². The van der Waals surface area contributed by atoms with Gasteiger partial charge in [-0.15, -0.1) is 0 Å². The minimum absolute atomic E-state index is 0.0522. The molecule has 1 heterocycles. The van der Waals surface area contributed by atoms with Gasteiger partial charge in [0.25, 0.3) is 0 Å². The van der Waals surface area contributed by atoms with E-state index in [2.05, 4.69) is 10.3 Å². The number of aromatic nitrogens is 1. The van der Waals surface area contributed by atoms with E-state index in [-0.39, 0.29) is 12.5 Å². The van der Waals surface area contributed by atoms with Crippen molar-refractivity contribution in [2.24, 2.45) is 0 Å². The van der Waals surface area contributed by atoms with Crippen LogP contribution in [0.3, 0.4) is 0 Å². The van der Waals surface area contributed by atoms with Crippen LogP contribution in [0, 0.1) is 0 Å². The van der Waals surface area contributed by atoms with E-state index in [1.54, 1.807) is 24.3 Å². The van der Waals surface area contributed by atoms with Crippen molar-refractivity contribution in [2.45, 2.75) is 6.92 Å². The van der Waals surface area contributed by atoms with Gasteiger partial charge in [0.15, 0.2) is 0 Å². The second kappa shape index (κ2) is 5.56. The number of rotatable bonds is 4. The fraction of sp³-hybridized carbons (Fsp3) is 0.286. The zero-order chi connectivity index (χ0) is 13.8. The van der Waals surface area contributed by atoms with Gasteiger partial charge in [-0.2, -0.15) is 0 Å². The van der Waals surface area contributed by atoms with Gasteiger partial charge in [-0.05, 0) is 25.1 Å². The predicted octanol–water partition coefficient (Wildman–Crippen LogP) is 1.71. The quantitative estimate of drug-likeness (QED) is 0.819. The highest BCUT2D eigenvalue weighted by molar-refractivity contribution is 6.01. The highest BCUT2D eigenvalue weighted by Crippen LogP contribution is 2.27. The number of benzene rings is 1. The molecule has 1 aromatic carbocycles. The van der Waals surface area contributed by atoms with Crippen LogP contribution in [0.2, 0.25) is 0 Å². The zero-order valence-corrected chi connectivity index (χ0v) is 11.2. The lowest BCUT2D eigenvalue weighted by Crippen LogP contribution is -2.31. The average molecular weight is 258 g/mol. The van der Waals surface area contributed by atoms with Crippen molar-refractivity contribution in [3.8, 4) is 0 Å². The van der Waals surface area contributed by atoms with E-state index in [9.17, 15) is 4.79 Å². The maximum Gasteiger partial charge on any atom is 0.241 e. The van der Waals surface area contributed by atoms with Gasteiger partial charge in [0, 0.05) is 48.1 Å². The summed E-state index contributed by atoms with van der Waals surface area (Å²) in [6.07, 6.45) is 3.46. The summed E-state index contributed by atoms with van der Waals surface area (Å²) >= 11 is 0. The number of anilines is 2. The summed E-state index contributed by atoms with van der Waals surface area (Å²) in [6, 6.07) is 5.58. The van der Waals surface area contributed by atoms with Crippen LogP contribution in [0.5, 0.6) is 0 Å².